The summed E-state index contributed by atoms with van der Waals surface area (Å²) >= 11 is 5.24. The predicted octanol–water partition coefficient (Wildman–Crippen LogP) is 1.87. The summed E-state index contributed by atoms with van der Waals surface area (Å²) in [6, 6.07) is 7.53. The van der Waals surface area contributed by atoms with Crippen LogP contribution in [0.15, 0.2) is 24.3 Å². The molecule has 1 saturated heterocycles. The van der Waals surface area contributed by atoms with Gasteiger partial charge in [-0.05, 0) is 42.8 Å². The molecule has 0 amide bonds. The topological polar surface area (TPSA) is 59.6 Å². The van der Waals surface area contributed by atoms with Crippen LogP contribution < -0.4 is 10.6 Å². The second-order valence-corrected chi connectivity index (χ2v) is 5.33. The minimum Gasteiger partial charge on any atom is -0.469 e. The van der Waals surface area contributed by atoms with Crippen molar-refractivity contribution in [1.82, 2.24) is 5.32 Å². The largest absolute Gasteiger partial charge is 0.469 e. The Kier molecular flexibility index (Phi) is 5.95. The van der Waals surface area contributed by atoms with E-state index in [1.165, 1.54) is 7.11 Å². The third-order valence-electron chi connectivity index (χ3n) is 3.30. The Morgan fingerprint density at radius 1 is 1.43 bits per heavy atom. The van der Waals surface area contributed by atoms with Gasteiger partial charge in [0.2, 0.25) is 0 Å². The van der Waals surface area contributed by atoms with Crippen molar-refractivity contribution >= 4 is 29.0 Å². The van der Waals surface area contributed by atoms with E-state index in [4.69, 9.17) is 17.0 Å². The Morgan fingerprint density at radius 2 is 2.19 bits per heavy atom. The first-order valence-corrected chi connectivity index (χ1v) is 7.40. The molecule has 1 unspecified atom stereocenters. The van der Waals surface area contributed by atoms with Gasteiger partial charge in [-0.15, -0.1) is 0 Å². The molecule has 0 bridgehead atoms. The predicted molar refractivity (Wildman–Crippen MR) is 85.4 cm³/mol. The van der Waals surface area contributed by atoms with Crippen LogP contribution in [0, 0.1) is 0 Å². The molecule has 0 aromatic heterocycles. The molecule has 5 nitrogen and oxygen atoms in total. The molecule has 1 atom stereocenters. The van der Waals surface area contributed by atoms with Gasteiger partial charge in [0.25, 0.3) is 0 Å². The van der Waals surface area contributed by atoms with Gasteiger partial charge in [0.15, 0.2) is 5.11 Å². The Morgan fingerprint density at radius 3 is 2.81 bits per heavy atom. The molecule has 114 valence electrons. The summed E-state index contributed by atoms with van der Waals surface area (Å²) in [5.74, 6) is -0.246. The normalized spacial score (nSPS) is 17.3. The fourth-order valence-corrected chi connectivity index (χ4v) is 2.33. The number of thiocarbonyl (C=S) groups is 1. The molecule has 0 aliphatic carbocycles. The van der Waals surface area contributed by atoms with E-state index in [1.807, 2.05) is 24.3 Å². The van der Waals surface area contributed by atoms with Crippen LogP contribution in [0.25, 0.3) is 0 Å². The lowest BCUT2D eigenvalue weighted by molar-refractivity contribution is -0.139. The van der Waals surface area contributed by atoms with Crippen LogP contribution in [-0.4, -0.2) is 37.4 Å². The number of hydrogen-bond donors (Lipinski definition) is 2. The summed E-state index contributed by atoms with van der Waals surface area (Å²) in [7, 11) is 1.39. The van der Waals surface area contributed by atoms with Gasteiger partial charge >= 0.3 is 5.97 Å². The Bertz CT molecular complexity index is 484. The summed E-state index contributed by atoms with van der Waals surface area (Å²) in [6.45, 7) is 1.57. The van der Waals surface area contributed by atoms with Crippen molar-refractivity contribution in [2.45, 2.75) is 25.4 Å². The summed E-state index contributed by atoms with van der Waals surface area (Å²) in [5.41, 5.74) is 1.79. The Labute approximate surface area is 130 Å². The molecule has 0 saturated carbocycles. The second-order valence-electron chi connectivity index (χ2n) is 4.92. The van der Waals surface area contributed by atoms with E-state index in [0.29, 0.717) is 5.11 Å². The number of anilines is 1. The van der Waals surface area contributed by atoms with Crippen molar-refractivity contribution in [3.8, 4) is 0 Å². The van der Waals surface area contributed by atoms with E-state index >= 15 is 0 Å². The number of methoxy groups -OCH3 is 1. The maximum absolute atomic E-state index is 11.2. The van der Waals surface area contributed by atoms with Crippen molar-refractivity contribution in [3.63, 3.8) is 0 Å². The molecule has 1 fully saturated rings. The highest BCUT2D eigenvalue weighted by atomic mass is 32.1. The van der Waals surface area contributed by atoms with Gasteiger partial charge in [0.05, 0.1) is 19.6 Å². The average Bonchev–Trinajstić information content (AvgIpc) is 3.00. The van der Waals surface area contributed by atoms with Gasteiger partial charge in [0, 0.05) is 18.8 Å². The van der Waals surface area contributed by atoms with Gasteiger partial charge < -0.3 is 20.1 Å². The summed E-state index contributed by atoms with van der Waals surface area (Å²) in [6.07, 6.45) is 2.73. The number of benzene rings is 1. The van der Waals surface area contributed by atoms with Crippen LogP contribution in [0.4, 0.5) is 5.69 Å². The molecule has 2 N–H and O–H groups in total. The van der Waals surface area contributed by atoms with E-state index in [9.17, 15) is 4.79 Å². The van der Waals surface area contributed by atoms with Crippen molar-refractivity contribution < 1.29 is 14.3 Å². The minimum absolute atomic E-state index is 0.246. The highest BCUT2D eigenvalue weighted by molar-refractivity contribution is 7.80. The van der Waals surface area contributed by atoms with E-state index in [1.54, 1.807) is 0 Å². The standard InChI is InChI=1S/C15H20N2O3S/c1-19-14(18)9-11-4-6-12(7-5-11)17-15(21)16-10-13-3-2-8-20-13/h4-7,13H,2-3,8-10H2,1H3,(H2,16,17,21). The maximum atomic E-state index is 11.2. The highest BCUT2D eigenvalue weighted by Gasteiger charge is 2.15. The first-order chi connectivity index (χ1) is 10.2. The van der Waals surface area contributed by atoms with Crippen LogP contribution in [0.1, 0.15) is 18.4 Å². The highest BCUT2D eigenvalue weighted by Crippen LogP contribution is 2.12. The molecule has 0 radical (unpaired) electrons. The van der Waals surface area contributed by atoms with Crippen molar-refractivity contribution in [1.29, 1.82) is 0 Å². The minimum atomic E-state index is -0.246. The van der Waals surface area contributed by atoms with Crippen LogP contribution in [0.2, 0.25) is 0 Å². The monoisotopic (exact) mass is 308 g/mol. The third-order valence-corrected chi connectivity index (χ3v) is 3.55. The number of esters is 1. The molecule has 1 aromatic carbocycles. The molecule has 1 aliphatic rings. The smallest absolute Gasteiger partial charge is 0.309 e. The summed E-state index contributed by atoms with van der Waals surface area (Å²) < 4.78 is 10.2. The van der Waals surface area contributed by atoms with Crippen LogP contribution >= 0.6 is 12.2 Å². The quantitative estimate of drug-likeness (QED) is 0.640. The van der Waals surface area contributed by atoms with Gasteiger partial charge in [0.1, 0.15) is 0 Å². The van der Waals surface area contributed by atoms with E-state index in [-0.39, 0.29) is 18.5 Å². The lowest BCUT2D eigenvalue weighted by Gasteiger charge is -2.14. The van der Waals surface area contributed by atoms with Crippen LogP contribution in [0.3, 0.4) is 0 Å². The lowest BCUT2D eigenvalue weighted by Crippen LogP contribution is -2.34. The number of nitrogens with one attached hydrogen (secondary N) is 2. The number of carbonyl (C=O) groups is 1. The van der Waals surface area contributed by atoms with Crippen LogP contribution in [-0.2, 0) is 20.7 Å². The van der Waals surface area contributed by atoms with Gasteiger partial charge in [-0.3, -0.25) is 4.79 Å². The zero-order chi connectivity index (χ0) is 15.1. The van der Waals surface area contributed by atoms with E-state index in [2.05, 4.69) is 15.4 Å². The number of carbonyl (C=O) groups excluding carboxylic acids is 1. The first-order valence-electron chi connectivity index (χ1n) is 6.99. The van der Waals surface area contributed by atoms with E-state index in [0.717, 1.165) is 37.2 Å². The summed E-state index contributed by atoms with van der Waals surface area (Å²) in [5, 5.41) is 6.83. The van der Waals surface area contributed by atoms with Crippen LogP contribution in [0.5, 0.6) is 0 Å². The SMILES string of the molecule is COC(=O)Cc1ccc(NC(=S)NCC2CCCO2)cc1. The molecule has 1 aliphatic heterocycles. The van der Waals surface area contributed by atoms with Crippen molar-refractivity contribution in [3.05, 3.63) is 29.8 Å². The van der Waals surface area contributed by atoms with Crippen molar-refractivity contribution in [2.24, 2.45) is 0 Å². The van der Waals surface area contributed by atoms with E-state index < -0.39 is 0 Å². The zero-order valence-corrected chi connectivity index (χ0v) is 12.9. The molecule has 0 spiro atoms. The van der Waals surface area contributed by atoms with Crippen molar-refractivity contribution in [2.75, 3.05) is 25.6 Å². The Balaban J connectivity index is 1.76. The number of ether oxygens (including phenoxy) is 2. The fraction of sp³-hybridized carbons (Fsp3) is 0.467. The second kappa shape index (κ2) is 7.95. The third kappa shape index (κ3) is 5.32. The fourth-order valence-electron chi connectivity index (χ4n) is 2.13. The van der Waals surface area contributed by atoms with Gasteiger partial charge in [-0.25, -0.2) is 0 Å². The molecule has 2 rings (SSSR count). The van der Waals surface area contributed by atoms with Gasteiger partial charge in [-0.2, -0.15) is 0 Å². The average molecular weight is 308 g/mol. The first kappa shape index (κ1) is 15.7. The lowest BCUT2D eigenvalue weighted by atomic mass is 10.1. The molecule has 21 heavy (non-hydrogen) atoms. The molecular formula is C15H20N2O3S. The summed E-state index contributed by atoms with van der Waals surface area (Å²) in [4.78, 5) is 11.2. The number of hydrogen-bond acceptors (Lipinski definition) is 4. The zero-order valence-electron chi connectivity index (χ0n) is 12.1. The molecule has 1 aromatic rings. The van der Waals surface area contributed by atoms with Gasteiger partial charge in [-0.1, -0.05) is 12.1 Å². The maximum Gasteiger partial charge on any atom is 0.309 e. The molecule has 1 heterocycles. The molecule has 6 heteroatoms. The Hall–Kier alpha value is -1.66. The number of rotatable bonds is 5. The molecular weight excluding hydrogens is 288 g/mol.